The lowest BCUT2D eigenvalue weighted by Gasteiger charge is -2.04. The molecule has 1 amide bonds. The highest BCUT2D eigenvalue weighted by Gasteiger charge is 2.10. The van der Waals surface area contributed by atoms with E-state index >= 15 is 0 Å². The lowest BCUT2D eigenvalue weighted by Crippen LogP contribution is -2.12. The van der Waals surface area contributed by atoms with Crippen LogP contribution in [0.5, 0.6) is 5.75 Å². The molecule has 23 heavy (non-hydrogen) atoms. The number of rotatable bonds is 5. The van der Waals surface area contributed by atoms with Gasteiger partial charge in [-0.25, -0.2) is 0 Å². The Morgan fingerprint density at radius 3 is 2.96 bits per heavy atom. The van der Waals surface area contributed by atoms with E-state index in [0.29, 0.717) is 17.9 Å². The van der Waals surface area contributed by atoms with Crippen LogP contribution in [0.1, 0.15) is 16.1 Å². The van der Waals surface area contributed by atoms with Gasteiger partial charge in [0, 0.05) is 19.4 Å². The Bertz CT molecular complexity index is 821. The van der Waals surface area contributed by atoms with E-state index in [9.17, 15) is 4.79 Å². The molecular weight excluding hydrogens is 294 g/mol. The molecule has 1 N–H and O–H groups in total. The molecule has 0 fully saturated rings. The number of hydrogen-bond acceptors (Lipinski definition) is 4. The quantitative estimate of drug-likeness (QED) is 0.781. The van der Waals surface area contributed by atoms with Gasteiger partial charge in [-0.3, -0.25) is 14.2 Å². The normalized spacial score (nSPS) is 10.5. The summed E-state index contributed by atoms with van der Waals surface area (Å²) < 4.78 is 8.54. The van der Waals surface area contributed by atoms with Gasteiger partial charge in [0.25, 0.3) is 5.91 Å². The predicted molar refractivity (Wildman–Crippen MR) is 85.5 cm³/mol. The molecule has 0 aliphatic heterocycles. The minimum atomic E-state index is -0.258. The molecule has 7 heteroatoms. The van der Waals surface area contributed by atoms with Gasteiger partial charge in [-0.1, -0.05) is 12.1 Å². The molecule has 0 radical (unpaired) electrons. The molecule has 0 aliphatic carbocycles. The summed E-state index contributed by atoms with van der Waals surface area (Å²) in [5, 5.41) is 11.1. The Labute approximate surface area is 133 Å². The fourth-order valence-electron chi connectivity index (χ4n) is 2.20. The van der Waals surface area contributed by atoms with Gasteiger partial charge >= 0.3 is 0 Å². The second-order valence-electron chi connectivity index (χ2n) is 5.11. The predicted octanol–water partition coefficient (Wildman–Crippen LogP) is 1.93. The SMILES string of the molecule is COc1cccc(Cn2cc(NC(=O)c3ccn(C)n3)cn2)c1. The van der Waals surface area contributed by atoms with Crippen LogP contribution in [-0.4, -0.2) is 32.6 Å². The Morgan fingerprint density at radius 1 is 1.35 bits per heavy atom. The number of carbonyl (C=O) groups is 1. The number of methoxy groups -OCH3 is 1. The summed E-state index contributed by atoms with van der Waals surface area (Å²) in [6.07, 6.45) is 5.11. The van der Waals surface area contributed by atoms with Crippen molar-refractivity contribution in [2.75, 3.05) is 12.4 Å². The van der Waals surface area contributed by atoms with Gasteiger partial charge in [0.15, 0.2) is 5.69 Å². The molecule has 0 spiro atoms. The Hall–Kier alpha value is -3.09. The third kappa shape index (κ3) is 3.57. The van der Waals surface area contributed by atoms with E-state index in [0.717, 1.165) is 11.3 Å². The van der Waals surface area contributed by atoms with Crippen molar-refractivity contribution >= 4 is 11.6 Å². The van der Waals surface area contributed by atoms with Gasteiger partial charge in [0.1, 0.15) is 5.75 Å². The first-order valence-corrected chi connectivity index (χ1v) is 7.10. The standard InChI is InChI=1S/C16H17N5O2/c1-20-7-6-15(19-20)16(22)18-13-9-17-21(11-13)10-12-4-3-5-14(8-12)23-2/h3-9,11H,10H2,1-2H3,(H,18,22). The van der Waals surface area contributed by atoms with Crippen LogP contribution in [0, 0.1) is 0 Å². The lowest BCUT2D eigenvalue weighted by atomic mass is 10.2. The van der Waals surface area contributed by atoms with Crippen molar-refractivity contribution in [3.63, 3.8) is 0 Å². The van der Waals surface area contributed by atoms with Crippen molar-refractivity contribution in [2.45, 2.75) is 6.54 Å². The van der Waals surface area contributed by atoms with Crippen LogP contribution in [0.2, 0.25) is 0 Å². The average molecular weight is 311 g/mol. The number of aromatic nitrogens is 4. The van der Waals surface area contributed by atoms with Gasteiger partial charge in [-0.05, 0) is 23.8 Å². The van der Waals surface area contributed by atoms with Crippen molar-refractivity contribution in [1.82, 2.24) is 19.6 Å². The maximum Gasteiger partial charge on any atom is 0.276 e. The van der Waals surface area contributed by atoms with Crippen molar-refractivity contribution in [3.05, 3.63) is 60.2 Å². The fraction of sp³-hybridized carbons (Fsp3) is 0.188. The van der Waals surface area contributed by atoms with E-state index in [1.165, 1.54) is 0 Å². The molecule has 1 aromatic carbocycles. The van der Waals surface area contributed by atoms with Gasteiger partial charge in [0.2, 0.25) is 0 Å². The molecule has 0 bridgehead atoms. The molecule has 7 nitrogen and oxygen atoms in total. The zero-order chi connectivity index (χ0) is 16.2. The van der Waals surface area contributed by atoms with Crippen LogP contribution >= 0.6 is 0 Å². The number of hydrogen-bond donors (Lipinski definition) is 1. The van der Waals surface area contributed by atoms with Crippen LogP contribution < -0.4 is 10.1 Å². The van der Waals surface area contributed by atoms with Crippen molar-refractivity contribution in [2.24, 2.45) is 7.05 Å². The van der Waals surface area contributed by atoms with Crippen LogP contribution in [0.4, 0.5) is 5.69 Å². The van der Waals surface area contributed by atoms with Crippen molar-refractivity contribution in [3.8, 4) is 5.75 Å². The van der Waals surface area contributed by atoms with Crippen LogP contribution in [0.25, 0.3) is 0 Å². The molecular formula is C16H17N5O2. The van der Waals surface area contributed by atoms with Crippen molar-refractivity contribution < 1.29 is 9.53 Å². The number of ether oxygens (including phenoxy) is 1. The first kappa shape index (κ1) is 14.8. The number of benzene rings is 1. The van der Waals surface area contributed by atoms with E-state index in [1.54, 1.807) is 48.2 Å². The number of amides is 1. The zero-order valence-electron chi connectivity index (χ0n) is 12.9. The Kier molecular flexibility index (Phi) is 4.09. The smallest absolute Gasteiger partial charge is 0.276 e. The summed E-state index contributed by atoms with van der Waals surface area (Å²) >= 11 is 0. The summed E-state index contributed by atoms with van der Waals surface area (Å²) in [6, 6.07) is 9.44. The second-order valence-corrected chi connectivity index (χ2v) is 5.11. The van der Waals surface area contributed by atoms with E-state index in [-0.39, 0.29) is 5.91 Å². The zero-order valence-corrected chi connectivity index (χ0v) is 12.9. The molecule has 0 saturated carbocycles. The molecule has 0 aliphatic rings. The van der Waals surface area contributed by atoms with E-state index in [1.807, 2.05) is 24.3 Å². The average Bonchev–Trinajstić information content (AvgIpc) is 3.16. The lowest BCUT2D eigenvalue weighted by molar-refractivity contribution is 0.102. The van der Waals surface area contributed by atoms with Gasteiger partial charge < -0.3 is 10.1 Å². The second kappa shape index (κ2) is 6.35. The van der Waals surface area contributed by atoms with Gasteiger partial charge in [-0.2, -0.15) is 10.2 Å². The minimum absolute atomic E-state index is 0.258. The molecule has 2 aromatic heterocycles. The molecule has 118 valence electrons. The largest absolute Gasteiger partial charge is 0.497 e. The van der Waals surface area contributed by atoms with Crippen LogP contribution in [0.3, 0.4) is 0 Å². The minimum Gasteiger partial charge on any atom is -0.497 e. The molecule has 2 heterocycles. The summed E-state index contributed by atoms with van der Waals surface area (Å²) in [5.41, 5.74) is 2.06. The summed E-state index contributed by atoms with van der Waals surface area (Å²) in [4.78, 5) is 12.0. The molecule has 3 rings (SSSR count). The fourth-order valence-corrected chi connectivity index (χ4v) is 2.20. The highest BCUT2D eigenvalue weighted by atomic mass is 16.5. The third-order valence-electron chi connectivity index (χ3n) is 3.32. The van der Waals surface area contributed by atoms with Crippen molar-refractivity contribution in [1.29, 1.82) is 0 Å². The van der Waals surface area contributed by atoms with Crippen LogP contribution in [0.15, 0.2) is 48.9 Å². The van der Waals surface area contributed by atoms with E-state index in [4.69, 9.17) is 4.74 Å². The van der Waals surface area contributed by atoms with Gasteiger partial charge in [0.05, 0.1) is 25.5 Å². The molecule has 0 saturated heterocycles. The summed E-state index contributed by atoms with van der Waals surface area (Å²) in [5.74, 6) is 0.546. The maximum absolute atomic E-state index is 12.0. The number of aryl methyl sites for hydroxylation is 1. The molecule has 0 unspecified atom stereocenters. The van der Waals surface area contributed by atoms with E-state index < -0.39 is 0 Å². The molecule has 3 aromatic rings. The Morgan fingerprint density at radius 2 is 2.22 bits per heavy atom. The Balaban J connectivity index is 1.67. The highest BCUT2D eigenvalue weighted by Crippen LogP contribution is 2.14. The first-order chi connectivity index (χ1) is 11.1. The summed E-state index contributed by atoms with van der Waals surface area (Å²) in [7, 11) is 3.40. The first-order valence-electron chi connectivity index (χ1n) is 7.10. The third-order valence-corrected chi connectivity index (χ3v) is 3.32. The number of nitrogens with zero attached hydrogens (tertiary/aromatic N) is 4. The van der Waals surface area contributed by atoms with Gasteiger partial charge in [-0.15, -0.1) is 0 Å². The number of anilines is 1. The monoisotopic (exact) mass is 311 g/mol. The maximum atomic E-state index is 12.0. The summed E-state index contributed by atoms with van der Waals surface area (Å²) in [6.45, 7) is 0.594. The van der Waals surface area contributed by atoms with Crippen LogP contribution in [-0.2, 0) is 13.6 Å². The number of carbonyl (C=O) groups excluding carboxylic acids is 1. The molecule has 0 atom stereocenters. The topological polar surface area (TPSA) is 74.0 Å². The van der Waals surface area contributed by atoms with E-state index in [2.05, 4.69) is 15.5 Å². The number of nitrogens with one attached hydrogen (secondary N) is 1. The highest BCUT2D eigenvalue weighted by molar-refractivity contribution is 6.02.